The minimum absolute atomic E-state index is 0.312. The second-order valence-corrected chi connectivity index (χ2v) is 5.81. The lowest BCUT2D eigenvalue weighted by Crippen LogP contribution is -2.15. The van der Waals surface area contributed by atoms with Crippen molar-refractivity contribution in [2.24, 2.45) is 5.92 Å². The van der Waals surface area contributed by atoms with Crippen LogP contribution in [-0.4, -0.2) is 17.3 Å². The molecule has 21 heavy (non-hydrogen) atoms. The number of hydrogen-bond acceptors (Lipinski definition) is 2. The van der Waals surface area contributed by atoms with Gasteiger partial charge in [0.1, 0.15) is 0 Å². The first-order valence-corrected chi connectivity index (χ1v) is 7.24. The summed E-state index contributed by atoms with van der Waals surface area (Å²) in [6.45, 7) is 6.58. The maximum atomic E-state index is 12.2. The fraction of sp³-hybridized carbons (Fsp3) is 0.278. The average Bonchev–Trinajstić information content (AvgIpc) is 2.89. The molecule has 0 saturated heterocycles. The lowest BCUT2D eigenvalue weighted by molar-refractivity contribution is 0.135. The van der Waals surface area contributed by atoms with Gasteiger partial charge in [-0.05, 0) is 41.3 Å². The molecule has 0 aliphatic rings. The van der Waals surface area contributed by atoms with Crippen LogP contribution >= 0.6 is 0 Å². The lowest BCUT2D eigenvalue weighted by Gasteiger charge is -2.10. The maximum absolute atomic E-state index is 12.2. The molecular formula is C18H19NO2. The molecule has 3 heteroatoms. The standard InChI is InChI=1S/C18H19NO2/c1-12(2)11-21-18(20)19-9-8-16-13(3)15-7-5-4-6-14(15)10-17(16)19/h4-10,12H,11H2,1-3H3. The highest BCUT2D eigenvalue weighted by atomic mass is 16.5. The Balaban J connectivity index is 2.11. The summed E-state index contributed by atoms with van der Waals surface area (Å²) in [5.74, 6) is 0.332. The summed E-state index contributed by atoms with van der Waals surface area (Å²) >= 11 is 0. The van der Waals surface area contributed by atoms with Gasteiger partial charge >= 0.3 is 6.09 Å². The van der Waals surface area contributed by atoms with Crippen LogP contribution in [-0.2, 0) is 4.74 Å². The van der Waals surface area contributed by atoms with Crippen LogP contribution in [0.15, 0.2) is 42.6 Å². The first kappa shape index (κ1) is 13.7. The molecule has 3 aromatic rings. The van der Waals surface area contributed by atoms with Gasteiger partial charge in [-0.1, -0.05) is 38.1 Å². The molecule has 1 heterocycles. The Hall–Kier alpha value is -2.29. The molecule has 1 aromatic heterocycles. The molecule has 0 spiro atoms. The quantitative estimate of drug-likeness (QED) is 0.679. The van der Waals surface area contributed by atoms with Gasteiger partial charge < -0.3 is 4.74 Å². The molecule has 0 atom stereocenters. The molecule has 3 nitrogen and oxygen atoms in total. The summed E-state index contributed by atoms with van der Waals surface area (Å²) < 4.78 is 6.93. The van der Waals surface area contributed by atoms with Gasteiger partial charge in [0.05, 0.1) is 12.1 Å². The zero-order valence-corrected chi connectivity index (χ0v) is 12.6. The number of aromatic nitrogens is 1. The third-order valence-corrected chi connectivity index (χ3v) is 3.72. The van der Waals surface area contributed by atoms with E-state index in [9.17, 15) is 4.79 Å². The van der Waals surface area contributed by atoms with Crippen molar-refractivity contribution in [2.45, 2.75) is 20.8 Å². The molecule has 0 saturated carbocycles. The Morgan fingerprint density at radius 2 is 1.95 bits per heavy atom. The van der Waals surface area contributed by atoms with Crippen molar-refractivity contribution in [2.75, 3.05) is 6.61 Å². The molecule has 0 unspecified atom stereocenters. The van der Waals surface area contributed by atoms with Gasteiger partial charge in [-0.3, -0.25) is 4.57 Å². The minimum Gasteiger partial charge on any atom is -0.449 e. The van der Waals surface area contributed by atoms with E-state index in [-0.39, 0.29) is 6.09 Å². The van der Waals surface area contributed by atoms with Crippen LogP contribution in [0, 0.1) is 12.8 Å². The number of carbonyl (C=O) groups is 1. The van der Waals surface area contributed by atoms with E-state index in [0.717, 1.165) is 16.3 Å². The van der Waals surface area contributed by atoms with Crippen LogP contribution in [0.5, 0.6) is 0 Å². The van der Waals surface area contributed by atoms with Crippen molar-refractivity contribution in [1.29, 1.82) is 0 Å². The molecule has 0 aliphatic carbocycles. The second-order valence-electron chi connectivity index (χ2n) is 5.81. The summed E-state index contributed by atoms with van der Waals surface area (Å²) in [5.41, 5.74) is 2.10. The summed E-state index contributed by atoms with van der Waals surface area (Å²) in [6, 6.07) is 12.3. The average molecular weight is 281 g/mol. The van der Waals surface area contributed by atoms with Crippen molar-refractivity contribution >= 4 is 27.8 Å². The molecule has 0 N–H and O–H groups in total. The number of aryl methyl sites for hydroxylation is 1. The van der Waals surface area contributed by atoms with Gasteiger partial charge in [-0.15, -0.1) is 0 Å². The van der Waals surface area contributed by atoms with Crippen LogP contribution < -0.4 is 0 Å². The van der Waals surface area contributed by atoms with Crippen molar-refractivity contribution in [1.82, 2.24) is 4.57 Å². The normalized spacial score (nSPS) is 11.4. The Bertz CT molecular complexity index is 815. The van der Waals surface area contributed by atoms with Crippen LogP contribution in [0.2, 0.25) is 0 Å². The van der Waals surface area contributed by atoms with Crippen molar-refractivity contribution < 1.29 is 9.53 Å². The molecule has 0 aliphatic heterocycles. The summed E-state index contributed by atoms with van der Waals surface area (Å²) in [5, 5.41) is 3.45. The number of rotatable bonds is 2. The molecule has 108 valence electrons. The zero-order chi connectivity index (χ0) is 15.0. The Kier molecular flexibility index (Phi) is 3.42. The lowest BCUT2D eigenvalue weighted by atomic mass is 10.0. The predicted octanol–water partition coefficient (Wildman–Crippen LogP) is 4.74. The molecule has 0 amide bonds. The molecule has 0 fully saturated rings. The first-order chi connectivity index (χ1) is 10.1. The number of nitrogens with zero attached hydrogens (tertiary/aromatic N) is 1. The Morgan fingerprint density at radius 1 is 1.19 bits per heavy atom. The Labute approximate surface area is 124 Å². The number of ether oxygens (including phenoxy) is 1. The molecule has 0 bridgehead atoms. The van der Waals surface area contributed by atoms with Gasteiger partial charge in [0.25, 0.3) is 0 Å². The third kappa shape index (κ3) is 2.40. The molecular weight excluding hydrogens is 262 g/mol. The third-order valence-electron chi connectivity index (χ3n) is 3.72. The van der Waals surface area contributed by atoms with Gasteiger partial charge in [-0.2, -0.15) is 0 Å². The fourth-order valence-corrected chi connectivity index (χ4v) is 2.63. The largest absolute Gasteiger partial charge is 0.449 e. The summed E-state index contributed by atoms with van der Waals surface area (Å²) in [7, 11) is 0. The summed E-state index contributed by atoms with van der Waals surface area (Å²) in [4.78, 5) is 12.2. The van der Waals surface area contributed by atoms with Crippen LogP contribution in [0.25, 0.3) is 21.7 Å². The van der Waals surface area contributed by atoms with Crippen LogP contribution in [0.1, 0.15) is 19.4 Å². The number of benzene rings is 2. The van der Waals surface area contributed by atoms with Gasteiger partial charge in [0.15, 0.2) is 0 Å². The van der Waals surface area contributed by atoms with E-state index in [1.807, 2.05) is 38.1 Å². The monoisotopic (exact) mass is 281 g/mol. The van der Waals surface area contributed by atoms with E-state index in [1.54, 1.807) is 10.8 Å². The molecule has 3 rings (SSSR count). The van der Waals surface area contributed by atoms with Crippen molar-refractivity contribution in [3.63, 3.8) is 0 Å². The topological polar surface area (TPSA) is 31.2 Å². The highest BCUT2D eigenvalue weighted by molar-refractivity contribution is 6.03. The zero-order valence-electron chi connectivity index (χ0n) is 12.6. The van der Waals surface area contributed by atoms with E-state index in [4.69, 9.17) is 4.74 Å². The van der Waals surface area contributed by atoms with Gasteiger partial charge in [-0.25, -0.2) is 4.79 Å². The highest BCUT2D eigenvalue weighted by Crippen LogP contribution is 2.28. The van der Waals surface area contributed by atoms with E-state index >= 15 is 0 Å². The fourth-order valence-electron chi connectivity index (χ4n) is 2.63. The SMILES string of the molecule is Cc1c2ccccc2cc2c1ccn2C(=O)OCC(C)C. The molecule has 2 aromatic carbocycles. The first-order valence-electron chi connectivity index (χ1n) is 7.24. The highest BCUT2D eigenvalue weighted by Gasteiger charge is 2.13. The van der Waals surface area contributed by atoms with E-state index in [1.165, 1.54) is 10.9 Å². The van der Waals surface area contributed by atoms with Gasteiger partial charge in [0.2, 0.25) is 0 Å². The van der Waals surface area contributed by atoms with E-state index in [2.05, 4.69) is 19.1 Å². The van der Waals surface area contributed by atoms with Gasteiger partial charge in [0, 0.05) is 11.6 Å². The predicted molar refractivity (Wildman–Crippen MR) is 85.8 cm³/mol. The van der Waals surface area contributed by atoms with Crippen LogP contribution in [0.4, 0.5) is 4.79 Å². The minimum atomic E-state index is -0.312. The number of carbonyl (C=O) groups excluding carboxylic acids is 1. The number of hydrogen-bond donors (Lipinski definition) is 0. The van der Waals surface area contributed by atoms with E-state index in [0.29, 0.717) is 12.5 Å². The smallest absolute Gasteiger partial charge is 0.418 e. The van der Waals surface area contributed by atoms with E-state index < -0.39 is 0 Å². The number of fused-ring (bicyclic) bond motifs is 2. The van der Waals surface area contributed by atoms with Crippen molar-refractivity contribution in [3.8, 4) is 0 Å². The second kappa shape index (κ2) is 5.24. The van der Waals surface area contributed by atoms with Crippen molar-refractivity contribution in [3.05, 3.63) is 48.2 Å². The Morgan fingerprint density at radius 3 is 2.71 bits per heavy atom. The molecule has 0 radical (unpaired) electrons. The maximum Gasteiger partial charge on any atom is 0.418 e. The summed E-state index contributed by atoms with van der Waals surface area (Å²) in [6.07, 6.45) is 1.48. The van der Waals surface area contributed by atoms with Crippen LogP contribution in [0.3, 0.4) is 0 Å².